The van der Waals surface area contributed by atoms with Crippen molar-refractivity contribution >= 4 is 0 Å². The Morgan fingerprint density at radius 3 is 0.732 bits per heavy atom. The van der Waals surface area contributed by atoms with Crippen molar-refractivity contribution in [1.29, 1.82) is 0 Å². The maximum atomic E-state index is 14.5. The summed E-state index contributed by atoms with van der Waals surface area (Å²) in [5, 5.41) is 0. The Balaban J connectivity index is 5.24. The third kappa shape index (κ3) is 5.49. The number of aromatic nitrogens is 1. The van der Waals surface area contributed by atoms with Crippen molar-refractivity contribution in [1.82, 2.24) is 4.98 Å². The molecule has 0 unspecified atom stereocenters. The highest BCUT2D eigenvalue weighted by Gasteiger charge is 2.81. The van der Waals surface area contributed by atoms with Crippen LogP contribution in [0.3, 0.4) is 0 Å². The van der Waals surface area contributed by atoms with Crippen LogP contribution < -0.4 is 0 Å². The summed E-state index contributed by atoms with van der Waals surface area (Å²) < 4.78 is 333. The molecule has 0 aliphatic heterocycles. The topological polar surface area (TPSA) is 12.9 Å². The van der Waals surface area contributed by atoms with Crippen LogP contribution in [0.15, 0.2) is 0 Å². The maximum Gasteiger partial charge on any atom is 0.458 e. The van der Waals surface area contributed by atoms with Crippen molar-refractivity contribution < 1.29 is 110 Å². The van der Waals surface area contributed by atoms with Gasteiger partial charge in [0.1, 0.15) is 11.4 Å². The number of nitrogens with zero attached hydrogens (tertiary/aromatic N) is 1. The van der Waals surface area contributed by atoms with Crippen molar-refractivity contribution in [2.24, 2.45) is 0 Å². The van der Waals surface area contributed by atoms with Crippen molar-refractivity contribution in [3.8, 4) is 0 Å². The van der Waals surface area contributed by atoms with Crippen LogP contribution in [-0.2, 0) is 29.6 Å². The predicted octanol–water partition coefficient (Wildman–Crippen LogP) is 9.35. The first kappa shape index (κ1) is 36.4. The van der Waals surface area contributed by atoms with Crippen molar-refractivity contribution in [3.05, 3.63) is 28.1 Å². The second-order valence-electron chi connectivity index (χ2n) is 7.31. The molecular formula is C15F25N. The van der Waals surface area contributed by atoms with Crippen LogP contribution in [0, 0.1) is 0 Å². The molecule has 0 spiro atoms. The summed E-state index contributed by atoms with van der Waals surface area (Å²) in [6.07, 6.45) is -57.3. The molecule has 0 saturated carbocycles. The van der Waals surface area contributed by atoms with Gasteiger partial charge in [-0.3, -0.25) is 0 Å². The van der Waals surface area contributed by atoms with E-state index >= 15 is 0 Å². The first-order valence-electron chi connectivity index (χ1n) is 8.67. The van der Waals surface area contributed by atoms with Crippen LogP contribution in [-0.4, -0.2) is 35.9 Å². The zero-order valence-electron chi connectivity index (χ0n) is 17.4. The van der Waals surface area contributed by atoms with Crippen LogP contribution in [0.5, 0.6) is 0 Å². The van der Waals surface area contributed by atoms with E-state index in [9.17, 15) is 110 Å². The number of alkyl halides is 25. The van der Waals surface area contributed by atoms with Gasteiger partial charge < -0.3 is 0 Å². The Labute approximate surface area is 204 Å². The van der Waals surface area contributed by atoms with E-state index in [-0.39, 0.29) is 0 Å². The van der Waals surface area contributed by atoms with E-state index in [1.165, 1.54) is 0 Å². The molecule has 1 aromatic heterocycles. The molecule has 1 aromatic rings. The molecule has 0 atom stereocenters. The molecule has 0 amide bonds. The van der Waals surface area contributed by atoms with E-state index in [4.69, 9.17) is 0 Å². The highest BCUT2D eigenvalue weighted by molar-refractivity contribution is 5.52. The van der Waals surface area contributed by atoms with Gasteiger partial charge in [0.25, 0.3) is 0 Å². The minimum Gasteiger partial charge on any atom is -0.248 e. The minimum absolute atomic E-state index is 0.373. The summed E-state index contributed by atoms with van der Waals surface area (Å²) in [7, 11) is 0. The lowest BCUT2D eigenvalue weighted by molar-refractivity contribution is -0.355. The fourth-order valence-electron chi connectivity index (χ4n) is 2.95. The molecule has 1 nitrogen and oxygen atoms in total. The zero-order chi connectivity index (χ0) is 33.6. The highest BCUT2D eigenvalue weighted by atomic mass is 19.5. The molecule has 0 aliphatic rings. The second kappa shape index (κ2) is 9.20. The van der Waals surface area contributed by atoms with Crippen molar-refractivity contribution in [2.75, 3.05) is 0 Å². The van der Waals surface area contributed by atoms with Gasteiger partial charge in [-0.1, -0.05) is 0 Å². The molecule has 0 aromatic carbocycles. The van der Waals surface area contributed by atoms with Gasteiger partial charge in [-0.2, -0.15) is 101 Å². The zero-order valence-corrected chi connectivity index (χ0v) is 17.4. The summed E-state index contributed by atoms with van der Waals surface area (Å²) in [4.78, 5) is 0.373. The molecular weight excluding hydrogens is 669 g/mol. The fourth-order valence-corrected chi connectivity index (χ4v) is 2.95. The molecule has 0 aliphatic carbocycles. The first-order chi connectivity index (χ1) is 17.3. The van der Waals surface area contributed by atoms with Crippen molar-refractivity contribution in [2.45, 2.75) is 60.5 Å². The summed E-state index contributed by atoms with van der Waals surface area (Å²) in [6.45, 7) is 0. The second-order valence-corrected chi connectivity index (χ2v) is 7.31. The average molecular weight is 669 g/mol. The van der Waals surface area contributed by atoms with Crippen LogP contribution >= 0.6 is 0 Å². The number of halogens is 25. The monoisotopic (exact) mass is 669 g/mol. The number of hydrogen-bond acceptors (Lipinski definition) is 1. The molecule has 0 saturated heterocycles. The lowest BCUT2D eigenvalue weighted by Gasteiger charge is -2.38. The highest BCUT2D eigenvalue weighted by Crippen LogP contribution is 2.63. The summed E-state index contributed by atoms with van der Waals surface area (Å²) in [5.41, 5.74) is -44.1. The van der Waals surface area contributed by atoms with Gasteiger partial charge in [-0.05, 0) is 0 Å². The normalized spacial score (nSPS) is 15.9. The van der Waals surface area contributed by atoms with Crippen molar-refractivity contribution in [3.63, 3.8) is 0 Å². The van der Waals surface area contributed by atoms with E-state index in [0.717, 1.165) is 0 Å². The smallest absolute Gasteiger partial charge is 0.248 e. The van der Waals surface area contributed by atoms with Crippen LogP contribution in [0.4, 0.5) is 110 Å². The molecule has 1 heterocycles. The van der Waals surface area contributed by atoms with E-state index < -0.39 is 88.6 Å². The van der Waals surface area contributed by atoms with E-state index in [1.54, 1.807) is 0 Å². The summed E-state index contributed by atoms with van der Waals surface area (Å²) in [6, 6.07) is 0. The Bertz CT molecular complexity index is 1100. The van der Waals surface area contributed by atoms with Gasteiger partial charge in [0, 0.05) is 0 Å². The fraction of sp³-hybridized carbons (Fsp3) is 0.667. The number of hydrogen-bond donors (Lipinski definition) is 0. The van der Waals surface area contributed by atoms with Crippen LogP contribution in [0.2, 0.25) is 0 Å². The van der Waals surface area contributed by atoms with Gasteiger partial charge >= 0.3 is 60.5 Å². The van der Waals surface area contributed by atoms with E-state index in [0.29, 0.717) is 4.98 Å². The SMILES string of the molecule is FC(F)(F)c1c(C(F)(C(F)(F)F)C(F)(F)F)nc(C(F)(C(F)(F)F)C(F)(F)F)c(C(F)(F)C(F)(F)F)c1C(F)(F)F. The van der Waals surface area contributed by atoms with Crippen LogP contribution in [0.25, 0.3) is 0 Å². The third-order valence-electron chi connectivity index (χ3n) is 4.65. The Morgan fingerprint density at radius 1 is 0.293 bits per heavy atom. The van der Waals surface area contributed by atoms with Crippen LogP contribution in [0.1, 0.15) is 28.1 Å². The molecule has 26 heteroatoms. The molecule has 0 fully saturated rings. The standard InChI is InChI=1S/C15F25N/c16-6(11(26,27)28,12(29,30)31)4-2(8(18,19)15(38,39)40)1(9(20,21)22)3(10(23,24)25)5(41-4)7(17,13(32,33)34)14(35,36)37. The lowest BCUT2D eigenvalue weighted by atomic mass is 9.82. The lowest BCUT2D eigenvalue weighted by Crippen LogP contribution is -2.56. The Morgan fingerprint density at radius 2 is 0.537 bits per heavy atom. The maximum absolute atomic E-state index is 14.5. The van der Waals surface area contributed by atoms with Gasteiger partial charge in [0.2, 0.25) is 0 Å². The average Bonchev–Trinajstić information content (AvgIpc) is 2.65. The minimum atomic E-state index is -8.44. The molecule has 0 N–H and O–H groups in total. The molecule has 1 rings (SSSR count). The largest absolute Gasteiger partial charge is 0.458 e. The van der Waals surface area contributed by atoms with Gasteiger partial charge in [0.05, 0.1) is 16.7 Å². The molecule has 240 valence electrons. The first-order valence-corrected chi connectivity index (χ1v) is 8.67. The quantitative estimate of drug-likeness (QED) is 0.293. The molecule has 0 radical (unpaired) electrons. The van der Waals surface area contributed by atoms with E-state index in [2.05, 4.69) is 0 Å². The van der Waals surface area contributed by atoms with E-state index in [1.807, 2.05) is 0 Å². The van der Waals surface area contributed by atoms with Gasteiger partial charge in [-0.25, -0.2) is 13.8 Å². The number of pyridine rings is 1. The number of rotatable bonds is 3. The Kier molecular flexibility index (Phi) is 8.17. The van der Waals surface area contributed by atoms with Gasteiger partial charge in [0.15, 0.2) is 0 Å². The summed E-state index contributed by atoms with van der Waals surface area (Å²) in [5.74, 6) is -8.26. The Hall–Kier alpha value is -2.60. The predicted molar refractivity (Wildman–Crippen MR) is 74.0 cm³/mol. The van der Waals surface area contributed by atoms with Gasteiger partial charge in [-0.15, -0.1) is 0 Å². The molecule has 41 heavy (non-hydrogen) atoms. The molecule has 0 bridgehead atoms. The third-order valence-corrected chi connectivity index (χ3v) is 4.65. The summed E-state index contributed by atoms with van der Waals surface area (Å²) >= 11 is 0.